The summed E-state index contributed by atoms with van der Waals surface area (Å²) in [5, 5.41) is 2.64. The van der Waals surface area contributed by atoms with Gasteiger partial charge in [0.05, 0.1) is 5.69 Å². The van der Waals surface area contributed by atoms with Crippen molar-refractivity contribution in [3.63, 3.8) is 0 Å². The molecule has 0 atom stereocenters. The zero-order valence-corrected chi connectivity index (χ0v) is 11.1. The van der Waals surface area contributed by atoms with Gasteiger partial charge in [-0.05, 0) is 24.3 Å². The quantitative estimate of drug-likeness (QED) is 0.776. The number of halogens is 4. The fourth-order valence-electron chi connectivity index (χ4n) is 1.45. The zero-order valence-electron chi connectivity index (χ0n) is 9.58. The monoisotopic (exact) mass is 307 g/mol. The van der Waals surface area contributed by atoms with Gasteiger partial charge < -0.3 is 4.74 Å². The van der Waals surface area contributed by atoms with Gasteiger partial charge in [-0.1, -0.05) is 0 Å². The lowest BCUT2D eigenvalue weighted by atomic mass is 10.2. The van der Waals surface area contributed by atoms with E-state index in [4.69, 9.17) is 11.6 Å². The topological polar surface area (TPSA) is 22.1 Å². The van der Waals surface area contributed by atoms with Gasteiger partial charge in [0.2, 0.25) is 0 Å². The van der Waals surface area contributed by atoms with Crippen LogP contribution in [0.25, 0.3) is 10.6 Å². The zero-order chi connectivity index (χ0) is 13.9. The van der Waals surface area contributed by atoms with Crippen LogP contribution < -0.4 is 4.74 Å². The second-order valence-corrected chi connectivity index (χ2v) is 4.89. The van der Waals surface area contributed by atoms with Crippen LogP contribution in [0.3, 0.4) is 0 Å². The largest absolute Gasteiger partial charge is 0.573 e. The molecule has 0 saturated heterocycles. The van der Waals surface area contributed by atoms with E-state index in [1.54, 1.807) is 12.1 Å². The highest BCUT2D eigenvalue weighted by Gasteiger charge is 2.30. The van der Waals surface area contributed by atoms with Gasteiger partial charge in [-0.15, -0.1) is 36.1 Å². The fraction of sp³-hybridized carbons (Fsp3) is 0.250. The van der Waals surface area contributed by atoms with E-state index in [2.05, 4.69) is 9.72 Å². The van der Waals surface area contributed by atoms with Crippen LogP contribution in [-0.4, -0.2) is 17.2 Å². The predicted octanol–water partition coefficient (Wildman–Crippen LogP) is 4.49. The van der Waals surface area contributed by atoms with Crippen molar-refractivity contribution in [1.29, 1.82) is 0 Å². The molecular weight excluding hydrogens is 299 g/mol. The summed E-state index contributed by atoms with van der Waals surface area (Å²) in [4.78, 5) is 4.35. The highest BCUT2D eigenvalue weighted by molar-refractivity contribution is 7.13. The summed E-state index contributed by atoms with van der Waals surface area (Å²) in [7, 11) is 0. The summed E-state index contributed by atoms with van der Waals surface area (Å²) in [6, 6.07) is 5.63. The van der Waals surface area contributed by atoms with Gasteiger partial charge in [-0.2, -0.15) is 0 Å². The van der Waals surface area contributed by atoms with Crippen LogP contribution >= 0.6 is 22.9 Å². The van der Waals surface area contributed by atoms with E-state index in [0.29, 0.717) is 12.3 Å². The normalized spacial score (nSPS) is 11.6. The average molecular weight is 308 g/mol. The number of thiazole rings is 1. The highest BCUT2D eigenvalue weighted by Crippen LogP contribution is 2.28. The third-order valence-electron chi connectivity index (χ3n) is 2.24. The summed E-state index contributed by atoms with van der Waals surface area (Å²) in [5.74, 6) is 0.246. The first-order valence-corrected chi connectivity index (χ1v) is 6.76. The molecule has 0 saturated carbocycles. The van der Waals surface area contributed by atoms with Gasteiger partial charge in [0.1, 0.15) is 10.8 Å². The number of hydrogen-bond acceptors (Lipinski definition) is 3. The summed E-state index contributed by atoms with van der Waals surface area (Å²) in [6.45, 7) is 0. The van der Waals surface area contributed by atoms with Crippen molar-refractivity contribution in [2.45, 2.75) is 12.8 Å². The molecule has 0 radical (unpaired) electrons. The Hall–Kier alpha value is -1.27. The number of benzene rings is 1. The molecule has 7 heteroatoms. The molecular formula is C12H9ClF3NOS. The molecule has 0 spiro atoms. The van der Waals surface area contributed by atoms with Gasteiger partial charge >= 0.3 is 6.36 Å². The lowest BCUT2D eigenvalue weighted by molar-refractivity contribution is -0.274. The fourth-order valence-corrected chi connectivity index (χ4v) is 2.50. The molecule has 0 amide bonds. The Morgan fingerprint density at radius 1 is 1.21 bits per heavy atom. The molecule has 0 aliphatic carbocycles. The number of aryl methyl sites for hydroxylation is 1. The maximum absolute atomic E-state index is 12.0. The third-order valence-corrected chi connectivity index (χ3v) is 3.37. The Morgan fingerprint density at radius 2 is 1.89 bits per heavy atom. The summed E-state index contributed by atoms with van der Waals surface area (Å²) in [6.07, 6.45) is -4.00. The molecule has 1 heterocycles. The van der Waals surface area contributed by atoms with Gasteiger partial charge in [0.15, 0.2) is 0 Å². The van der Waals surface area contributed by atoms with Gasteiger partial charge in [-0.25, -0.2) is 4.98 Å². The van der Waals surface area contributed by atoms with Gasteiger partial charge in [-0.3, -0.25) is 0 Å². The molecule has 0 bridgehead atoms. The Bertz CT molecular complexity index is 539. The molecule has 2 nitrogen and oxygen atoms in total. The van der Waals surface area contributed by atoms with E-state index >= 15 is 0 Å². The molecule has 0 aliphatic rings. The van der Waals surface area contributed by atoms with Crippen LogP contribution in [0.2, 0.25) is 0 Å². The molecule has 1 aromatic heterocycles. The molecule has 0 fully saturated rings. The van der Waals surface area contributed by atoms with Crippen molar-refractivity contribution in [3.8, 4) is 16.3 Å². The van der Waals surface area contributed by atoms with Crippen LogP contribution in [-0.2, 0) is 6.42 Å². The first kappa shape index (κ1) is 14.1. The van der Waals surface area contributed by atoms with Crippen molar-refractivity contribution >= 4 is 22.9 Å². The van der Waals surface area contributed by atoms with Gasteiger partial charge in [0.25, 0.3) is 0 Å². The van der Waals surface area contributed by atoms with Crippen molar-refractivity contribution < 1.29 is 17.9 Å². The summed E-state index contributed by atoms with van der Waals surface area (Å²) >= 11 is 7.04. The van der Waals surface area contributed by atoms with E-state index in [1.807, 2.05) is 5.38 Å². The highest BCUT2D eigenvalue weighted by atomic mass is 35.5. The second kappa shape index (κ2) is 5.79. The Labute approximate surface area is 116 Å². The number of nitrogens with zero attached hydrogens (tertiary/aromatic N) is 1. The van der Waals surface area contributed by atoms with E-state index in [-0.39, 0.29) is 5.75 Å². The maximum atomic E-state index is 12.0. The number of aromatic nitrogens is 1. The van der Waals surface area contributed by atoms with Crippen molar-refractivity contribution in [2.75, 3.05) is 5.88 Å². The minimum absolute atomic E-state index is 0.242. The number of rotatable bonds is 4. The molecule has 19 heavy (non-hydrogen) atoms. The van der Waals surface area contributed by atoms with Crippen LogP contribution in [0.4, 0.5) is 13.2 Å². The van der Waals surface area contributed by atoms with Crippen molar-refractivity contribution in [2.24, 2.45) is 0 Å². The minimum atomic E-state index is -4.67. The second-order valence-electron chi connectivity index (χ2n) is 3.66. The molecule has 102 valence electrons. The lowest BCUT2D eigenvalue weighted by Crippen LogP contribution is -2.16. The van der Waals surface area contributed by atoms with Crippen LogP contribution in [0.15, 0.2) is 29.6 Å². The average Bonchev–Trinajstić information content (AvgIpc) is 2.77. The number of ether oxygens (including phenoxy) is 1. The molecule has 0 aliphatic heterocycles. The minimum Gasteiger partial charge on any atom is -0.406 e. The molecule has 0 unspecified atom stereocenters. The molecule has 2 aromatic rings. The standard InChI is InChI=1S/C12H9ClF3NOS/c13-6-5-9-7-19-11(17-9)8-1-3-10(4-2-8)18-12(14,15)16/h1-4,7H,5-6H2. The van der Waals surface area contributed by atoms with E-state index in [0.717, 1.165) is 16.3 Å². The predicted molar refractivity (Wildman–Crippen MR) is 68.7 cm³/mol. The number of alkyl halides is 4. The lowest BCUT2D eigenvalue weighted by Gasteiger charge is -2.08. The first-order valence-electron chi connectivity index (χ1n) is 5.34. The Kier molecular flexibility index (Phi) is 4.31. The van der Waals surface area contributed by atoms with Crippen LogP contribution in [0, 0.1) is 0 Å². The Morgan fingerprint density at radius 3 is 2.47 bits per heavy atom. The summed E-state index contributed by atoms with van der Waals surface area (Å²) < 4.78 is 39.8. The first-order chi connectivity index (χ1) is 8.98. The molecule has 0 N–H and O–H groups in total. The SMILES string of the molecule is FC(F)(F)Oc1ccc(-c2nc(CCCl)cs2)cc1. The molecule has 2 rings (SSSR count). The number of hydrogen-bond donors (Lipinski definition) is 0. The van der Waals surface area contributed by atoms with Crippen molar-refractivity contribution in [3.05, 3.63) is 35.3 Å². The Balaban J connectivity index is 2.13. The third kappa shape index (κ3) is 4.11. The van der Waals surface area contributed by atoms with Gasteiger partial charge in [0, 0.05) is 23.2 Å². The van der Waals surface area contributed by atoms with Crippen LogP contribution in [0.5, 0.6) is 5.75 Å². The van der Waals surface area contributed by atoms with Crippen LogP contribution in [0.1, 0.15) is 5.69 Å². The molecule has 1 aromatic carbocycles. The van der Waals surface area contributed by atoms with E-state index in [9.17, 15) is 13.2 Å². The summed E-state index contributed by atoms with van der Waals surface area (Å²) in [5.41, 5.74) is 1.63. The maximum Gasteiger partial charge on any atom is 0.573 e. The van der Waals surface area contributed by atoms with E-state index < -0.39 is 6.36 Å². The smallest absolute Gasteiger partial charge is 0.406 e. The van der Waals surface area contributed by atoms with E-state index in [1.165, 1.54) is 23.5 Å². The van der Waals surface area contributed by atoms with Crippen molar-refractivity contribution in [1.82, 2.24) is 4.98 Å².